The highest BCUT2D eigenvalue weighted by atomic mass is 16.6. The van der Waals surface area contributed by atoms with Crippen molar-refractivity contribution in [1.29, 1.82) is 0 Å². The summed E-state index contributed by atoms with van der Waals surface area (Å²) in [5.41, 5.74) is 4.80. The van der Waals surface area contributed by atoms with Crippen molar-refractivity contribution in [3.05, 3.63) is 0 Å². The predicted octanol–water partition coefficient (Wildman–Crippen LogP) is 0.413. The normalized spacial score (nSPS) is 19.2. The van der Waals surface area contributed by atoms with E-state index in [-0.39, 0.29) is 24.6 Å². The summed E-state index contributed by atoms with van der Waals surface area (Å²) in [7, 11) is 1.70. The Kier molecular flexibility index (Phi) is 4.56. The van der Waals surface area contributed by atoms with Gasteiger partial charge in [0.15, 0.2) is 0 Å². The number of likely N-dealkylation sites (N-methyl/N-ethyl adjacent to an activating group) is 1. The van der Waals surface area contributed by atoms with Crippen molar-refractivity contribution >= 4 is 12.0 Å². The minimum Gasteiger partial charge on any atom is -0.444 e. The van der Waals surface area contributed by atoms with Crippen LogP contribution < -0.4 is 5.73 Å². The minimum absolute atomic E-state index is 0.00431. The molecule has 104 valence electrons. The van der Waals surface area contributed by atoms with Gasteiger partial charge < -0.3 is 20.3 Å². The molecule has 1 saturated heterocycles. The molecule has 0 bridgehead atoms. The summed E-state index contributed by atoms with van der Waals surface area (Å²) < 4.78 is 5.30. The van der Waals surface area contributed by atoms with Crippen LogP contribution in [0.3, 0.4) is 0 Å². The molecule has 1 aliphatic heterocycles. The van der Waals surface area contributed by atoms with Crippen LogP contribution in [-0.4, -0.2) is 60.1 Å². The highest BCUT2D eigenvalue weighted by molar-refractivity contribution is 5.78. The second-order valence-electron chi connectivity index (χ2n) is 5.59. The predicted molar refractivity (Wildman–Crippen MR) is 68.0 cm³/mol. The fourth-order valence-corrected chi connectivity index (χ4v) is 1.77. The summed E-state index contributed by atoms with van der Waals surface area (Å²) in [4.78, 5) is 26.4. The lowest BCUT2D eigenvalue weighted by Gasteiger charge is -2.42. The van der Waals surface area contributed by atoms with Gasteiger partial charge in [-0.15, -0.1) is 0 Å². The average molecular weight is 257 g/mol. The van der Waals surface area contributed by atoms with Gasteiger partial charge in [-0.1, -0.05) is 0 Å². The van der Waals surface area contributed by atoms with E-state index >= 15 is 0 Å². The van der Waals surface area contributed by atoms with E-state index in [2.05, 4.69) is 0 Å². The Balaban J connectivity index is 2.46. The number of carbonyl (C=O) groups excluding carboxylic acids is 2. The van der Waals surface area contributed by atoms with Crippen LogP contribution >= 0.6 is 0 Å². The molecule has 0 saturated carbocycles. The number of hydrogen-bond donors (Lipinski definition) is 1. The minimum atomic E-state index is -0.490. The fraction of sp³-hybridized carbons (Fsp3) is 0.833. The molecule has 1 unspecified atom stereocenters. The van der Waals surface area contributed by atoms with Crippen LogP contribution in [0.5, 0.6) is 0 Å². The molecule has 0 spiro atoms. The Labute approximate surface area is 108 Å². The molecule has 6 nitrogen and oxygen atoms in total. The molecular weight excluding hydrogens is 234 g/mol. The van der Waals surface area contributed by atoms with Gasteiger partial charge in [0, 0.05) is 20.1 Å². The van der Waals surface area contributed by atoms with Gasteiger partial charge in [-0.05, 0) is 27.2 Å². The standard InChI is InChI=1S/C12H23N3O3/c1-12(2,3)18-11(17)15-6-5-9(15)8-14(4)10(16)7-13/h9H,5-8,13H2,1-4H3. The molecule has 0 aromatic rings. The quantitative estimate of drug-likeness (QED) is 0.794. The molecule has 18 heavy (non-hydrogen) atoms. The van der Waals surface area contributed by atoms with E-state index in [4.69, 9.17) is 10.5 Å². The maximum Gasteiger partial charge on any atom is 0.410 e. The third-order valence-corrected chi connectivity index (χ3v) is 2.86. The zero-order valence-electron chi connectivity index (χ0n) is 11.6. The van der Waals surface area contributed by atoms with Crippen LogP contribution in [0.1, 0.15) is 27.2 Å². The van der Waals surface area contributed by atoms with Gasteiger partial charge in [0.1, 0.15) is 5.60 Å². The van der Waals surface area contributed by atoms with E-state index in [0.717, 1.165) is 6.42 Å². The summed E-state index contributed by atoms with van der Waals surface area (Å²) in [5, 5.41) is 0. The van der Waals surface area contributed by atoms with Gasteiger partial charge in [-0.25, -0.2) is 4.79 Å². The van der Waals surface area contributed by atoms with Gasteiger partial charge >= 0.3 is 6.09 Å². The first-order valence-electron chi connectivity index (χ1n) is 6.18. The van der Waals surface area contributed by atoms with E-state index in [9.17, 15) is 9.59 Å². The Hall–Kier alpha value is -1.30. The van der Waals surface area contributed by atoms with Gasteiger partial charge in [-0.2, -0.15) is 0 Å². The zero-order valence-corrected chi connectivity index (χ0v) is 11.6. The van der Waals surface area contributed by atoms with Crippen molar-refractivity contribution in [2.24, 2.45) is 5.73 Å². The van der Waals surface area contributed by atoms with Gasteiger partial charge in [-0.3, -0.25) is 4.79 Å². The van der Waals surface area contributed by atoms with Crippen molar-refractivity contribution in [3.8, 4) is 0 Å². The summed E-state index contributed by atoms with van der Waals surface area (Å²) in [6.45, 7) is 6.70. The lowest BCUT2D eigenvalue weighted by Crippen LogP contribution is -2.57. The molecule has 6 heteroatoms. The number of nitrogens with zero attached hydrogens (tertiary/aromatic N) is 2. The maximum atomic E-state index is 11.8. The van der Waals surface area contributed by atoms with Crippen LogP contribution in [0.15, 0.2) is 0 Å². The van der Waals surface area contributed by atoms with Crippen LogP contribution in [0.4, 0.5) is 4.79 Å². The summed E-state index contributed by atoms with van der Waals surface area (Å²) in [6.07, 6.45) is 0.578. The number of likely N-dealkylation sites (tertiary alicyclic amines) is 1. The van der Waals surface area contributed by atoms with E-state index in [1.54, 1.807) is 16.8 Å². The molecule has 1 rings (SSSR count). The lowest BCUT2D eigenvalue weighted by molar-refractivity contribution is -0.129. The van der Waals surface area contributed by atoms with Crippen LogP contribution in [-0.2, 0) is 9.53 Å². The molecule has 0 radical (unpaired) electrons. The van der Waals surface area contributed by atoms with Crippen molar-refractivity contribution in [3.63, 3.8) is 0 Å². The SMILES string of the molecule is CN(CC1CCN1C(=O)OC(C)(C)C)C(=O)CN. The first-order valence-corrected chi connectivity index (χ1v) is 6.18. The summed E-state index contributed by atoms with van der Waals surface area (Å²) in [5.74, 6) is -0.119. The van der Waals surface area contributed by atoms with E-state index in [1.807, 2.05) is 20.8 Å². The van der Waals surface area contributed by atoms with Crippen molar-refractivity contribution in [2.75, 3.05) is 26.7 Å². The van der Waals surface area contributed by atoms with E-state index in [0.29, 0.717) is 13.1 Å². The monoisotopic (exact) mass is 257 g/mol. The number of carbonyl (C=O) groups is 2. The summed E-state index contributed by atoms with van der Waals surface area (Å²) >= 11 is 0. The van der Waals surface area contributed by atoms with E-state index < -0.39 is 5.60 Å². The number of amides is 2. The first-order chi connectivity index (χ1) is 8.24. The molecule has 1 fully saturated rings. The topological polar surface area (TPSA) is 75.9 Å². The number of ether oxygens (including phenoxy) is 1. The van der Waals surface area contributed by atoms with Crippen molar-refractivity contribution in [1.82, 2.24) is 9.80 Å². The maximum absolute atomic E-state index is 11.8. The zero-order chi connectivity index (χ0) is 13.9. The van der Waals surface area contributed by atoms with Crippen LogP contribution in [0.2, 0.25) is 0 Å². The highest BCUT2D eigenvalue weighted by Gasteiger charge is 2.36. The third kappa shape index (κ3) is 3.87. The highest BCUT2D eigenvalue weighted by Crippen LogP contribution is 2.21. The molecule has 1 atom stereocenters. The Morgan fingerprint density at radius 3 is 2.44 bits per heavy atom. The number of rotatable bonds is 3. The van der Waals surface area contributed by atoms with Crippen molar-refractivity contribution in [2.45, 2.75) is 38.8 Å². The second-order valence-corrected chi connectivity index (χ2v) is 5.59. The Bertz CT molecular complexity index is 325. The molecule has 2 N–H and O–H groups in total. The van der Waals surface area contributed by atoms with Gasteiger partial charge in [0.2, 0.25) is 5.91 Å². The van der Waals surface area contributed by atoms with Crippen LogP contribution in [0.25, 0.3) is 0 Å². The molecule has 0 aliphatic carbocycles. The Morgan fingerprint density at radius 1 is 1.44 bits per heavy atom. The molecule has 0 aromatic carbocycles. The fourth-order valence-electron chi connectivity index (χ4n) is 1.77. The largest absolute Gasteiger partial charge is 0.444 e. The molecule has 2 amide bonds. The Morgan fingerprint density at radius 2 is 2.06 bits per heavy atom. The van der Waals surface area contributed by atoms with Gasteiger partial charge in [0.25, 0.3) is 0 Å². The molecular formula is C12H23N3O3. The van der Waals surface area contributed by atoms with Crippen molar-refractivity contribution < 1.29 is 14.3 Å². The lowest BCUT2D eigenvalue weighted by atomic mass is 10.0. The second kappa shape index (κ2) is 5.56. The van der Waals surface area contributed by atoms with E-state index in [1.165, 1.54) is 0 Å². The number of nitrogens with two attached hydrogens (primary N) is 1. The molecule has 1 aliphatic rings. The van der Waals surface area contributed by atoms with Crippen LogP contribution in [0, 0.1) is 0 Å². The van der Waals surface area contributed by atoms with Gasteiger partial charge in [0.05, 0.1) is 12.6 Å². The molecule has 0 aromatic heterocycles. The molecule has 1 heterocycles. The smallest absolute Gasteiger partial charge is 0.410 e. The third-order valence-electron chi connectivity index (χ3n) is 2.86. The number of hydrogen-bond acceptors (Lipinski definition) is 4. The summed E-state index contributed by atoms with van der Waals surface area (Å²) in [6, 6.07) is 0.0420. The average Bonchev–Trinajstić information content (AvgIpc) is 2.19. The first kappa shape index (κ1) is 14.8.